The van der Waals surface area contributed by atoms with Gasteiger partial charge in [-0.3, -0.25) is 19.8 Å². The zero-order chi connectivity index (χ0) is 17.5. The van der Waals surface area contributed by atoms with Crippen LogP contribution in [0, 0.1) is 0 Å². The Morgan fingerprint density at radius 2 is 1.61 bits per heavy atom. The van der Waals surface area contributed by atoms with Crippen molar-refractivity contribution in [2.75, 3.05) is 0 Å². The lowest BCUT2D eigenvalue weighted by Crippen LogP contribution is -2.31. The van der Waals surface area contributed by atoms with Gasteiger partial charge in [-0.25, -0.2) is 5.84 Å². The maximum atomic E-state index is 11.7. The number of hydrazine groups is 1. The van der Waals surface area contributed by atoms with E-state index in [2.05, 4.69) is 0 Å². The average Bonchev–Trinajstić information content (AvgIpc) is 2.45. The molecule has 1 rings (SSSR count). The molecule has 0 fully saturated rings. The molecule has 1 aromatic rings. The average molecular weight is 322 g/mol. The quantitative estimate of drug-likeness (QED) is 0.268. The summed E-state index contributed by atoms with van der Waals surface area (Å²) in [6.45, 7) is 5.28. The molecule has 0 radical (unpaired) electrons. The highest BCUT2D eigenvalue weighted by molar-refractivity contribution is 5.79. The second kappa shape index (κ2) is 8.28. The summed E-state index contributed by atoms with van der Waals surface area (Å²) in [6, 6.07) is 6.46. The second-order valence-corrected chi connectivity index (χ2v) is 5.95. The summed E-state index contributed by atoms with van der Waals surface area (Å²) in [5.74, 6) is 4.06. The van der Waals surface area contributed by atoms with Gasteiger partial charge in [-0.2, -0.15) is 0 Å². The van der Waals surface area contributed by atoms with Crippen LogP contribution in [0.4, 0.5) is 0 Å². The Hall–Kier alpha value is -2.41. The fourth-order valence-corrected chi connectivity index (χ4v) is 1.69. The number of nitrogens with one attached hydrogen (secondary N) is 1. The molecule has 0 heterocycles. The van der Waals surface area contributed by atoms with Crippen molar-refractivity contribution in [3.8, 4) is 5.75 Å². The molecule has 1 amide bonds. The zero-order valence-corrected chi connectivity index (χ0v) is 13.5. The molecule has 3 N–H and O–H groups in total. The van der Waals surface area contributed by atoms with E-state index in [9.17, 15) is 14.4 Å². The van der Waals surface area contributed by atoms with Gasteiger partial charge in [-0.1, -0.05) is 12.1 Å². The SMILES string of the molecule is CC(C)(C)OC(=O)CCC(=O)Oc1ccc(CC(=O)NN)cc1. The molecule has 23 heavy (non-hydrogen) atoms. The van der Waals surface area contributed by atoms with Crippen molar-refractivity contribution in [2.45, 2.75) is 45.6 Å². The van der Waals surface area contributed by atoms with E-state index in [1.807, 2.05) is 5.43 Å². The third-order valence-corrected chi connectivity index (χ3v) is 2.63. The monoisotopic (exact) mass is 322 g/mol. The van der Waals surface area contributed by atoms with Crippen molar-refractivity contribution >= 4 is 17.8 Å². The van der Waals surface area contributed by atoms with Crippen molar-refractivity contribution in [2.24, 2.45) is 5.84 Å². The Morgan fingerprint density at radius 1 is 1.04 bits per heavy atom. The molecule has 0 aliphatic heterocycles. The van der Waals surface area contributed by atoms with E-state index in [1.54, 1.807) is 45.0 Å². The van der Waals surface area contributed by atoms with Gasteiger partial charge in [0.05, 0.1) is 19.3 Å². The third kappa shape index (κ3) is 7.96. The summed E-state index contributed by atoms with van der Waals surface area (Å²) < 4.78 is 10.2. The molecule has 0 aliphatic carbocycles. The van der Waals surface area contributed by atoms with Crippen LogP contribution in [0.1, 0.15) is 39.2 Å². The maximum absolute atomic E-state index is 11.7. The number of benzene rings is 1. The number of hydrogen-bond donors (Lipinski definition) is 2. The van der Waals surface area contributed by atoms with Gasteiger partial charge >= 0.3 is 11.9 Å². The molecule has 0 unspecified atom stereocenters. The number of ether oxygens (including phenoxy) is 2. The van der Waals surface area contributed by atoms with Crippen LogP contribution in [-0.4, -0.2) is 23.4 Å². The van der Waals surface area contributed by atoms with Gasteiger partial charge in [0.1, 0.15) is 11.4 Å². The van der Waals surface area contributed by atoms with Crippen LogP contribution in [-0.2, 0) is 25.5 Å². The molecule has 126 valence electrons. The fraction of sp³-hybridized carbons (Fsp3) is 0.438. The summed E-state index contributed by atoms with van der Waals surface area (Å²) >= 11 is 0. The Kier molecular flexibility index (Phi) is 6.71. The highest BCUT2D eigenvalue weighted by Crippen LogP contribution is 2.14. The Bertz CT molecular complexity index is 561. The van der Waals surface area contributed by atoms with Gasteiger partial charge in [0, 0.05) is 0 Å². The van der Waals surface area contributed by atoms with E-state index >= 15 is 0 Å². The molecular formula is C16H22N2O5. The lowest BCUT2D eigenvalue weighted by Gasteiger charge is -2.19. The topological polar surface area (TPSA) is 108 Å². The second-order valence-electron chi connectivity index (χ2n) is 5.95. The van der Waals surface area contributed by atoms with Crippen LogP contribution < -0.4 is 16.0 Å². The molecule has 0 aliphatic rings. The maximum Gasteiger partial charge on any atom is 0.311 e. The molecule has 7 nitrogen and oxygen atoms in total. The van der Waals surface area contributed by atoms with Crippen LogP contribution in [0.5, 0.6) is 5.75 Å². The predicted molar refractivity (Wildman–Crippen MR) is 83.2 cm³/mol. The van der Waals surface area contributed by atoms with E-state index in [-0.39, 0.29) is 25.2 Å². The van der Waals surface area contributed by atoms with E-state index in [4.69, 9.17) is 15.3 Å². The summed E-state index contributed by atoms with van der Waals surface area (Å²) in [4.78, 5) is 34.3. The van der Waals surface area contributed by atoms with Crippen molar-refractivity contribution in [3.63, 3.8) is 0 Å². The molecule has 0 saturated heterocycles. The number of nitrogens with two attached hydrogens (primary N) is 1. The van der Waals surface area contributed by atoms with Crippen molar-refractivity contribution in [1.82, 2.24) is 5.43 Å². The lowest BCUT2D eigenvalue weighted by molar-refractivity contribution is -0.156. The number of carbonyl (C=O) groups excluding carboxylic acids is 3. The fourth-order valence-electron chi connectivity index (χ4n) is 1.69. The van der Waals surface area contributed by atoms with Crippen molar-refractivity contribution in [3.05, 3.63) is 29.8 Å². The molecule has 0 aromatic heterocycles. The van der Waals surface area contributed by atoms with Crippen LogP contribution >= 0.6 is 0 Å². The third-order valence-electron chi connectivity index (χ3n) is 2.63. The number of esters is 2. The number of hydrogen-bond acceptors (Lipinski definition) is 6. The summed E-state index contributed by atoms with van der Waals surface area (Å²) in [5.41, 5.74) is 2.20. The standard InChI is InChI=1S/C16H22N2O5/c1-16(2,3)23-15(21)9-8-14(20)22-12-6-4-11(5-7-12)10-13(19)18-17/h4-7H,8-10,17H2,1-3H3,(H,18,19). The number of amides is 1. The molecule has 7 heteroatoms. The minimum absolute atomic E-state index is 0.0368. The molecular weight excluding hydrogens is 300 g/mol. The first-order valence-corrected chi connectivity index (χ1v) is 7.20. The Balaban J connectivity index is 2.42. The van der Waals surface area contributed by atoms with E-state index in [0.717, 1.165) is 5.56 Å². The Labute approximate surface area is 135 Å². The van der Waals surface area contributed by atoms with E-state index < -0.39 is 17.5 Å². The smallest absolute Gasteiger partial charge is 0.311 e. The van der Waals surface area contributed by atoms with Crippen molar-refractivity contribution < 1.29 is 23.9 Å². The summed E-state index contributed by atoms with van der Waals surface area (Å²) in [6.07, 6.45) is 0.0421. The van der Waals surface area contributed by atoms with Gasteiger partial charge in [0.25, 0.3) is 0 Å². The van der Waals surface area contributed by atoms with Crippen LogP contribution in [0.15, 0.2) is 24.3 Å². The molecule has 0 spiro atoms. The van der Waals surface area contributed by atoms with Gasteiger partial charge in [0.2, 0.25) is 5.91 Å². The van der Waals surface area contributed by atoms with Crippen LogP contribution in [0.25, 0.3) is 0 Å². The van der Waals surface area contributed by atoms with Crippen LogP contribution in [0.2, 0.25) is 0 Å². The van der Waals surface area contributed by atoms with Gasteiger partial charge in [0.15, 0.2) is 0 Å². The first-order valence-electron chi connectivity index (χ1n) is 7.20. The molecule has 0 atom stereocenters. The zero-order valence-electron chi connectivity index (χ0n) is 13.5. The molecule has 0 bridgehead atoms. The van der Waals surface area contributed by atoms with Gasteiger partial charge in [-0.15, -0.1) is 0 Å². The first-order chi connectivity index (χ1) is 10.7. The predicted octanol–water partition coefficient (Wildman–Crippen LogP) is 1.25. The lowest BCUT2D eigenvalue weighted by atomic mass is 10.1. The van der Waals surface area contributed by atoms with Gasteiger partial charge < -0.3 is 9.47 Å². The highest BCUT2D eigenvalue weighted by atomic mass is 16.6. The summed E-state index contributed by atoms with van der Waals surface area (Å²) in [7, 11) is 0. The number of carbonyl (C=O) groups is 3. The van der Waals surface area contributed by atoms with Gasteiger partial charge in [-0.05, 0) is 38.5 Å². The Morgan fingerprint density at radius 3 is 2.13 bits per heavy atom. The minimum atomic E-state index is -0.577. The first kappa shape index (κ1) is 18.6. The van der Waals surface area contributed by atoms with Crippen LogP contribution in [0.3, 0.4) is 0 Å². The normalized spacial score (nSPS) is 10.8. The van der Waals surface area contributed by atoms with E-state index in [0.29, 0.717) is 5.75 Å². The minimum Gasteiger partial charge on any atom is -0.460 e. The number of rotatable bonds is 6. The molecule has 1 aromatic carbocycles. The molecule has 0 saturated carbocycles. The van der Waals surface area contributed by atoms with E-state index in [1.165, 1.54) is 0 Å². The summed E-state index contributed by atoms with van der Waals surface area (Å²) in [5, 5.41) is 0. The highest BCUT2D eigenvalue weighted by Gasteiger charge is 2.17. The largest absolute Gasteiger partial charge is 0.460 e. The van der Waals surface area contributed by atoms with Crippen molar-refractivity contribution in [1.29, 1.82) is 0 Å².